The Morgan fingerprint density at radius 2 is 1.71 bits per heavy atom. The number of para-hydroxylation sites is 1. The van der Waals surface area contributed by atoms with Crippen molar-refractivity contribution in [3.63, 3.8) is 0 Å². The van der Waals surface area contributed by atoms with Gasteiger partial charge in [0.1, 0.15) is 5.69 Å². The van der Waals surface area contributed by atoms with Crippen LogP contribution < -0.4 is 5.32 Å². The van der Waals surface area contributed by atoms with Gasteiger partial charge in [-0.1, -0.05) is 36.4 Å². The number of hydrogen-bond donors (Lipinski definition) is 1. The number of amides is 1. The molecule has 0 aliphatic carbocycles. The Kier molecular flexibility index (Phi) is 5.21. The van der Waals surface area contributed by atoms with Gasteiger partial charge in [-0.25, -0.2) is 4.98 Å². The highest BCUT2D eigenvalue weighted by molar-refractivity contribution is 6.13. The maximum atomic E-state index is 13.2. The van der Waals surface area contributed by atoms with Crippen LogP contribution in [0.15, 0.2) is 66.7 Å². The Morgan fingerprint density at radius 1 is 0.935 bits per heavy atom. The fourth-order valence-electron chi connectivity index (χ4n) is 3.50. The van der Waals surface area contributed by atoms with E-state index in [1.165, 1.54) is 11.6 Å². The third-order valence-electron chi connectivity index (χ3n) is 5.36. The molecule has 0 saturated carbocycles. The molecular weight excluding hydrogens is 390 g/mol. The van der Waals surface area contributed by atoms with E-state index in [1.807, 2.05) is 56.3 Å². The Bertz CT molecular complexity index is 1350. The molecule has 1 aromatic heterocycles. The van der Waals surface area contributed by atoms with Gasteiger partial charge in [-0.15, -0.1) is 0 Å². The number of hydrogen-bond acceptors (Lipinski definition) is 4. The molecule has 6 nitrogen and oxygen atoms in total. The van der Waals surface area contributed by atoms with Gasteiger partial charge in [-0.2, -0.15) is 0 Å². The molecule has 4 aromatic rings. The molecule has 0 spiro atoms. The number of rotatable bonds is 4. The number of nitro benzene ring substituents is 1. The van der Waals surface area contributed by atoms with Crippen LogP contribution in [0.5, 0.6) is 0 Å². The van der Waals surface area contributed by atoms with E-state index in [0.29, 0.717) is 22.2 Å². The quantitative estimate of drug-likeness (QED) is 0.330. The van der Waals surface area contributed by atoms with E-state index in [9.17, 15) is 14.9 Å². The fourth-order valence-corrected chi connectivity index (χ4v) is 3.50. The number of nitro groups is 1. The number of carbonyl (C=O) groups excluding carboxylic acids is 1. The topological polar surface area (TPSA) is 85.1 Å². The third kappa shape index (κ3) is 4.00. The maximum absolute atomic E-state index is 13.2. The Labute approximate surface area is 179 Å². The zero-order chi connectivity index (χ0) is 22.1. The summed E-state index contributed by atoms with van der Waals surface area (Å²) in [4.78, 5) is 28.9. The first-order chi connectivity index (χ1) is 14.8. The predicted octanol–water partition coefficient (Wildman–Crippen LogP) is 5.99. The molecule has 1 amide bonds. The van der Waals surface area contributed by atoms with Crippen LogP contribution in [0.4, 0.5) is 11.4 Å². The minimum atomic E-state index is -0.492. The number of aryl methyl sites for hydroxylation is 3. The van der Waals surface area contributed by atoms with Gasteiger partial charge in [0.05, 0.1) is 21.7 Å². The molecule has 0 fully saturated rings. The Hall–Kier alpha value is -4.06. The zero-order valence-corrected chi connectivity index (χ0v) is 17.5. The molecule has 1 heterocycles. The molecule has 1 N–H and O–H groups in total. The van der Waals surface area contributed by atoms with Crippen LogP contribution in [0.1, 0.15) is 27.0 Å². The molecule has 4 rings (SSSR count). The van der Waals surface area contributed by atoms with E-state index in [-0.39, 0.29) is 11.4 Å². The second-order valence-corrected chi connectivity index (χ2v) is 7.60. The Balaban J connectivity index is 1.82. The second-order valence-electron chi connectivity index (χ2n) is 7.60. The minimum Gasteiger partial charge on any atom is -0.316 e. The van der Waals surface area contributed by atoms with Gasteiger partial charge in [0.15, 0.2) is 0 Å². The molecule has 31 heavy (non-hydrogen) atoms. The number of benzene rings is 3. The Morgan fingerprint density at radius 3 is 2.45 bits per heavy atom. The molecule has 0 aliphatic rings. The van der Waals surface area contributed by atoms with Crippen molar-refractivity contribution in [2.45, 2.75) is 20.8 Å². The predicted molar refractivity (Wildman–Crippen MR) is 122 cm³/mol. The van der Waals surface area contributed by atoms with Crippen LogP contribution in [-0.2, 0) is 0 Å². The lowest BCUT2D eigenvalue weighted by molar-refractivity contribution is -0.384. The van der Waals surface area contributed by atoms with Crippen molar-refractivity contribution in [1.29, 1.82) is 0 Å². The number of nitrogens with one attached hydrogen (secondary N) is 1. The summed E-state index contributed by atoms with van der Waals surface area (Å²) in [7, 11) is 0. The number of anilines is 1. The van der Waals surface area contributed by atoms with Crippen LogP contribution in [0.2, 0.25) is 0 Å². The van der Waals surface area contributed by atoms with Gasteiger partial charge in [-0.3, -0.25) is 14.9 Å². The van der Waals surface area contributed by atoms with Gasteiger partial charge in [-0.05, 0) is 61.7 Å². The first-order valence-corrected chi connectivity index (χ1v) is 9.87. The molecule has 0 aliphatic heterocycles. The van der Waals surface area contributed by atoms with E-state index in [0.717, 1.165) is 16.7 Å². The van der Waals surface area contributed by atoms with E-state index >= 15 is 0 Å². The third-order valence-corrected chi connectivity index (χ3v) is 5.36. The number of nitrogens with zero attached hydrogens (tertiary/aromatic N) is 2. The van der Waals surface area contributed by atoms with Gasteiger partial charge >= 0.3 is 0 Å². The first kappa shape index (κ1) is 20.2. The van der Waals surface area contributed by atoms with Crippen molar-refractivity contribution >= 4 is 28.2 Å². The summed E-state index contributed by atoms with van der Waals surface area (Å²) < 4.78 is 0. The minimum absolute atomic E-state index is 0.138. The molecule has 0 radical (unpaired) electrons. The standard InChI is InChI=1S/C25H21N3O3/c1-15-8-11-22(24(12-15)28(30)31)27-25(29)20-14-23(18-10-9-16(2)17(3)13-18)26-21-7-5-4-6-19(20)21/h4-14H,1-3H3,(H,27,29). The number of aromatic nitrogens is 1. The first-order valence-electron chi connectivity index (χ1n) is 9.87. The number of pyridine rings is 1. The highest BCUT2D eigenvalue weighted by atomic mass is 16.6. The molecule has 0 atom stereocenters. The maximum Gasteiger partial charge on any atom is 0.293 e. The van der Waals surface area contributed by atoms with E-state index in [4.69, 9.17) is 4.98 Å². The summed E-state index contributed by atoms with van der Waals surface area (Å²) in [5, 5.41) is 14.8. The zero-order valence-electron chi connectivity index (χ0n) is 17.5. The molecule has 0 bridgehead atoms. The van der Waals surface area contributed by atoms with Gasteiger partial charge in [0, 0.05) is 17.0 Å². The van der Waals surface area contributed by atoms with Crippen molar-refractivity contribution < 1.29 is 9.72 Å². The van der Waals surface area contributed by atoms with Crippen molar-refractivity contribution in [3.8, 4) is 11.3 Å². The van der Waals surface area contributed by atoms with Gasteiger partial charge in [0.2, 0.25) is 0 Å². The van der Waals surface area contributed by atoms with Gasteiger partial charge in [0.25, 0.3) is 11.6 Å². The highest BCUT2D eigenvalue weighted by Crippen LogP contribution is 2.29. The van der Waals surface area contributed by atoms with Crippen LogP contribution in [0.3, 0.4) is 0 Å². The molecule has 6 heteroatoms. The highest BCUT2D eigenvalue weighted by Gasteiger charge is 2.19. The van der Waals surface area contributed by atoms with Crippen LogP contribution in [0, 0.1) is 30.9 Å². The normalized spacial score (nSPS) is 10.8. The molecule has 154 valence electrons. The van der Waals surface area contributed by atoms with E-state index in [1.54, 1.807) is 25.1 Å². The van der Waals surface area contributed by atoms with Crippen molar-refractivity contribution in [2.24, 2.45) is 0 Å². The largest absolute Gasteiger partial charge is 0.316 e. The molecule has 0 unspecified atom stereocenters. The van der Waals surface area contributed by atoms with E-state index < -0.39 is 10.8 Å². The van der Waals surface area contributed by atoms with E-state index in [2.05, 4.69) is 5.32 Å². The average molecular weight is 411 g/mol. The lowest BCUT2D eigenvalue weighted by Crippen LogP contribution is -2.14. The summed E-state index contributed by atoms with van der Waals surface area (Å²) in [5.41, 5.74) is 5.75. The summed E-state index contributed by atoms with van der Waals surface area (Å²) in [6.45, 7) is 5.84. The lowest BCUT2D eigenvalue weighted by Gasteiger charge is -2.12. The number of carbonyl (C=O) groups is 1. The van der Waals surface area contributed by atoms with Gasteiger partial charge < -0.3 is 5.32 Å². The van der Waals surface area contributed by atoms with Crippen LogP contribution >= 0.6 is 0 Å². The van der Waals surface area contributed by atoms with Crippen molar-refractivity contribution in [2.75, 3.05) is 5.32 Å². The number of fused-ring (bicyclic) bond motifs is 1. The summed E-state index contributed by atoms with van der Waals surface area (Å²) >= 11 is 0. The summed E-state index contributed by atoms with van der Waals surface area (Å²) in [6, 6.07) is 19.9. The summed E-state index contributed by atoms with van der Waals surface area (Å²) in [5.74, 6) is -0.421. The monoisotopic (exact) mass is 411 g/mol. The SMILES string of the molecule is Cc1ccc(NC(=O)c2cc(-c3ccc(C)c(C)c3)nc3ccccc23)c([N+](=O)[O-])c1. The smallest absolute Gasteiger partial charge is 0.293 e. The average Bonchev–Trinajstić information content (AvgIpc) is 2.75. The lowest BCUT2D eigenvalue weighted by atomic mass is 10.0. The fraction of sp³-hybridized carbons (Fsp3) is 0.120. The van der Waals surface area contributed by atoms with Crippen molar-refractivity contribution in [1.82, 2.24) is 4.98 Å². The summed E-state index contributed by atoms with van der Waals surface area (Å²) in [6.07, 6.45) is 0. The second kappa shape index (κ2) is 7.99. The molecule has 0 saturated heterocycles. The molecule has 3 aromatic carbocycles. The molecular formula is C25H21N3O3. The van der Waals surface area contributed by atoms with Crippen LogP contribution in [-0.4, -0.2) is 15.8 Å². The van der Waals surface area contributed by atoms with Crippen LogP contribution in [0.25, 0.3) is 22.2 Å². The van der Waals surface area contributed by atoms with Crippen molar-refractivity contribution in [3.05, 3.63) is 99.1 Å².